The van der Waals surface area contributed by atoms with E-state index in [0.717, 1.165) is 37.5 Å². The van der Waals surface area contributed by atoms with Gasteiger partial charge in [-0.1, -0.05) is 101 Å². The second-order valence-corrected chi connectivity index (χ2v) is 9.28. The first kappa shape index (κ1) is 29.3. The second kappa shape index (κ2) is 17.7. The first-order valence-corrected chi connectivity index (χ1v) is 12.1. The molecule has 0 fully saturated rings. The average Bonchev–Trinajstić information content (AvgIpc) is 3.48. The van der Waals surface area contributed by atoms with Crippen molar-refractivity contribution in [2.24, 2.45) is 11.8 Å². The van der Waals surface area contributed by atoms with Gasteiger partial charge >= 0.3 is 26.2 Å². The summed E-state index contributed by atoms with van der Waals surface area (Å²) in [6, 6.07) is 21.2. The molecule has 0 atom stereocenters. The van der Waals surface area contributed by atoms with Crippen LogP contribution in [0.25, 0.3) is 0 Å². The van der Waals surface area contributed by atoms with Crippen molar-refractivity contribution in [1.82, 2.24) is 0 Å². The molecule has 2 aromatic carbocycles. The molecule has 4 rings (SSSR count). The van der Waals surface area contributed by atoms with Crippen LogP contribution in [0.2, 0.25) is 0 Å². The summed E-state index contributed by atoms with van der Waals surface area (Å²) in [6.45, 7) is 8.95. The van der Waals surface area contributed by atoms with Gasteiger partial charge in [0.25, 0.3) is 0 Å². The Morgan fingerprint density at radius 3 is 1.24 bits per heavy atom. The summed E-state index contributed by atoms with van der Waals surface area (Å²) in [4.78, 5) is 0. The Hall–Kier alpha value is -1.72. The molecule has 0 heterocycles. The smallest absolute Gasteiger partial charge is 0.269 e. The van der Waals surface area contributed by atoms with Crippen molar-refractivity contribution in [3.63, 3.8) is 0 Å². The van der Waals surface area contributed by atoms with Crippen molar-refractivity contribution in [2.75, 3.05) is 0 Å². The van der Waals surface area contributed by atoms with E-state index in [0.29, 0.717) is 0 Å². The molecule has 0 unspecified atom stereocenters. The predicted molar refractivity (Wildman–Crippen MR) is 140 cm³/mol. The Balaban J connectivity index is 0.000000254. The topological polar surface area (TPSA) is 0 Å². The van der Waals surface area contributed by atoms with E-state index in [1.165, 1.54) is 35.1 Å². The Kier molecular flexibility index (Phi) is 15.7. The summed E-state index contributed by atoms with van der Waals surface area (Å²) in [7, 11) is 0. The van der Waals surface area contributed by atoms with E-state index in [1.54, 1.807) is 0 Å². The number of rotatable bonds is 7. The van der Waals surface area contributed by atoms with Crippen LogP contribution in [0.1, 0.15) is 64.5 Å². The van der Waals surface area contributed by atoms with E-state index in [-0.39, 0.29) is 26.2 Å². The molecule has 0 amide bonds. The van der Waals surface area contributed by atoms with Crippen LogP contribution in [0.15, 0.2) is 96.1 Å². The maximum Gasteiger partial charge on any atom is 2.00 e. The second-order valence-electron chi connectivity index (χ2n) is 9.28. The summed E-state index contributed by atoms with van der Waals surface area (Å²) >= 11 is 0. The summed E-state index contributed by atoms with van der Waals surface area (Å²) in [5, 5.41) is 0. The Morgan fingerprint density at radius 2 is 0.970 bits per heavy atom. The van der Waals surface area contributed by atoms with Crippen LogP contribution >= 0.6 is 0 Å². The van der Waals surface area contributed by atoms with Gasteiger partial charge in [-0.15, -0.1) is 12.8 Å². The molecule has 2 aromatic rings. The van der Waals surface area contributed by atoms with Gasteiger partial charge < -0.3 is 0 Å². The third kappa shape index (κ3) is 14.2. The van der Waals surface area contributed by atoms with Gasteiger partial charge in [-0.25, -0.2) is 23.3 Å². The summed E-state index contributed by atoms with van der Waals surface area (Å²) in [6.07, 6.45) is 22.0. The van der Waals surface area contributed by atoms with E-state index in [9.17, 15) is 0 Å². The molecule has 33 heavy (non-hydrogen) atoms. The average molecular weight is 516 g/mol. The zero-order chi connectivity index (χ0) is 23.0. The van der Waals surface area contributed by atoms with Gasteiger partial charge in [-0.3, -0.25) is 12.2 Å². The quantitative estimate of drug-likeness (QED) is 0.323. The summed E-state index contributed by atoms with van der Waals surface area (Å²) < 4.78 is 0. The fourth-order valence-corrected chi connectivity index (χ4v) is 3.64. The van der Waals surface area contributed by atoms with Crippen LogP contribution in [-0.2, 0) is 39.0 Å². The van der Waals surface area contributed by atoms with Crippen molar-refractivity contribution >= 4 is 0 Å². The molecule has 0 radical (unpaired) electrons. The van der Waals surface area contributed by atoms with Crippen molar-refractivity contribution in [1.29, 1.82) is 0 Å². The van der Waals surface area contributed by atoms with Crippen molar-refractivity contribution in [3.05, 3.63) is 119 Å². The van der Waals surface area contributed by atoms with Crippen LogP contribution in [0.3, 0.4) is 0 Å². The summed E-state index contributed by atoms with van der Waals surface area (Å²) in [5.74, 6) is 1.55. The molecule has 1 heteroatoms. The van der Waals surface area contributed by atoms with Crippen LogP contribution in [0, 0.1) is 24.0 Å². The molecule has 0 saturated carbocycles. The largest absolute Gasteiger partial charge is 2.00 e. The van der Waals surface area contributed by atoms with Gasteiger partial charge in [0.1, 0.15) is 0 Å². The van der Waals surface area contributed by atoms with Crippen LogP contribution < -0.4 is 0 Å². The fraction of sp³-hybridized carbons (Fsp3) is 0.375. The number of hydrogen-bond donors (Lipinski definition) is 0. The van der Waals surface area contributed by atoms with E-state index in [4.69, 9.17) is 0 Å². The van der Waals surface area contributed by atoms with Gasteiger partial charge in [0, 0.05) is 0 Å². The Bertz CT molecular complexity index is 792. The molecule has 2 aliphatic rings. The van der Waals surface area contributed by atoms with E-state index >= 15 is 0 Å². The SMILES string of the molecule is CC(C)CC1=[C-]CC=C1.CC(C)CC1=[C-]CC=C1.[Zr+2].c1ccc(CCc2ccccc2)cc1. The van der Waals surface area contributed by atoms with Gasteiger partial charge in [-0.2, -0.15) is 12.2 Å². The first-order valence-electron chi connectivity index (χ1n) is 12.1. The predicted octanol–water partition coefficient (Wildman–Crippen LogP) is 8.91. The molecular weight excluding hydrogens is 476 g/mol. The molecule has 0 nitrogen and oxygen atoms in total. The normalized spacial score (nSPS) is 13.5. The molecular formula is C32H40Zr. The molecule has 0 aromatic heterocycles. The van der Waals surface area contributed by atoms with Gasteiger partial charge in [0.15, 0.2) is 0 Å². The maximum absolute atomic E-state index is 3.29. The Morgan fingerprint density at radius 1 is 0.606 bits per heavy atom. The van der Waals surface area contributed by atoms with Gasteiger partial charge in [0.05, 0.1) is 0 Å². The fourth-order valence-electron chi connectivity index (χ4n) is 3.64. The minimum atomic E-state index is 0. The minimum absolute atomic E-state index is 0. The monoisotopic (exact) mass is 514 g/mol. The van der Waals surface area contributed by atoms with Crippen LogP contribution in [-0.4, -0.2) is 0 Å². The molecule has 172 valence electrons. The molecule has 0 bridgehead atoms. The molecule has 2 aliphatic carbocycles. The van der Waals surface area contributed by atoms with E-state index < -0.39 is 0 Å². The number of benzene rings is 2. The van der Waals surface area contributed by atoms with E-state index in [2.05, 4.69) is 125 Å². The van der Waals surface area contributed by atoms with Crippen molar-refractivity contribution in [3.8, 4) is 0 Å². The first-order chi connectivity index (χ1) is 15.5. The number of hydrogen-bond acceptors (Lipinski definition) is 0. The van der Waals surface area contributed by atoms with Gasteiger partial charge in [-0.05, 0) is 35.8 Å². The van der Waals surface area contributed by atoms with Crippen LogP contribution in [0.5, 0.6) is 0 Å². The standard InChI is InChI=1S/C14H14.2C9H13.Zr/c1-3-7-13(8-4-1)11-12-14-9-5-2-6-10-14;2*1-8(2)7-9-5-3-4-6-9;/h1-10H,11-12H2;2*3,5,8H,4,7H2,1-2H3;/q;2*-1;+2. The minimum Gasteiger partial charge on any atom is -0.269 e. The number of allylic oxidation sites excluding steroid dienone is 8. The Labute approximate surface area is 222 Å². The van der Waals surface area contributed by atoms with Crippen molar-refractivity contribution in [2.45, 2.75) is 66.2 Å². The molecule has 0 spiro atoms. The maximum atomic E-state index is 3.29. The molecule has 0 saturated heterocycles. The molecule has 0 N–H and O–H groups in total. The third-order valence-electron chi connectivity index (χ3n) is 5.18. The molecule has 0 aliphatic heterocycles. The third-order valence-corrected chi connectivity index (χ3v) is 5.18. The number of aryl methyl sites for hydroxylation is 2. The van der Waals surface area contributed by atoms with E-state index in [1.807, 2.05) is 0 Å². The summed E-state index contributed by atoms with van der Waals surface area (Å²) in [5.41, 5.74) is 5.61. The zero-order valence-corrected chi connectivity index (χ0v) is 23.4. The zero-order valence-electron chi connectivity index (χ0n) is 21.0. The van der Waals surface area contributed by atoms with Crippen molar-refractivity contribution < 1.29 is 26.2 Å². The van der Waals surface area contributed by atoms with Crippen LogP contribution in [0.4, 0.5) is 0 Å². The van der Waals surface area contributed by atoms with Gasteiger partial charge in [0.2, 0.25) is 0 Å².